The fourth-order valence-electron chi connectivity index (χ4n) is 2.47. The molecule has 0 saturated carbocycles. The van der Waals surface area contributed by atoms with Gasteiger partial charge in [-0.3, -0.25) is 4.79 Å². The van der Waals surface area contributed by atoms with Crippen molar-refractivity contribution in [3.63, 3.8) is 0 Å². The number of hydrogen-bond donors (Lipinski definition) is 1. The molecule has 0 saturated heterocycles. The molecule has 0 unspecified atom stereocenters. The summed E-state index contributed by atoms with van der Waals surface area (Å²) in [6.45, 7) is 4.04. The third-order valence-electron chi connectivity index (χ3n) is 3.46. The van der Waals surface area contributed by atoms with Gasteiger partial charge in [0.15, 0.2) is 0 Å². The van der Waals surface area contributed by atoms with Crippen molar-refractivity contribution in [2.24, 2.45) is 0 Å². The Kier molecular flexibility index (Phi) is 4.13. The van der Waals surface area contributed by atoms with Gasteiger partial charge in [0.25, 0.3) is 0 Å². The largest absolute Gasteiger partial charge is 0.497 e. The molecule has 0 atom stereocenters. The highest BCUT2D eigenvalue weighted by molar-refractivity contribution is 5.67. The number of ether oxygens (including phenoxy) is 1. The smallest absolute Gasteiger partial charge is 0.303 e. The highest BCUT2D eigenvalue weighted by atomic mass is 16.5. The van der Waals surface area contributed by atoms with Crippen LogP contribution in [0.2, 0.25) is 0 Å². The number of aryl methyl sites for hydroxylation is 2. The first-order valence-corrected chi connectivity index (χ1v) is 6.57. The number of benzene rings is 1. The predicted molar refractivity (Wildman–Crippen MR) is 77.8 cm³/mol. The Hall–Kier alpha value is -2.23. The summed E-state index contributed by atoms with van der Waals surface area (Å²) in [5.74, 6) is 0.0401. The van der Waals surface area contributed by atoms with E-state index in [1.165, 1.54) is 0 Å². The van der Waals surface area contributed by atoms with Crippen molar-refractivity contribution in [2.75, 3.05) is 7.11 Å². The van der Waals surface area contributed by atoms with Gasteiger partial charge in [-0.15, -0.1) is 0 Å². The van der Waals surface area contributed by atoms with E-state index in [1.807, 2.05) is 38.1 Å². The molecule has 1 aromatic carbocycles. The maximum atomic E-state index is 10.7. The Morgan fingerprint density at radius 3 is 2.70 bits per heavy atom. The van der Waals surface area contributed by atoms with Crippen LogP contribution in [0.1, 0.15) is 23.4 Å². The van der Waals surface area contributed by atoms with Crippen LogP contribution in [0, 0.1) is 13.8 Å². The lowest BCUT2D eigenvalue weighted by atomic mass is 10.1. The minimum Gasteiger partial charge on any atom is -0.497 e. The number of aromatic nitrogens is 1. The van der Waals surface area contributed by atoms with Crippen LogP contribution in [0.4, 0.5) is 0 Å². The Bertz CT molecular complexity index is 629. The number of hydrogen-bond acceptors (Lipinski definition) is 2. The Morgan fingerprint density at radius 2 is 2.05 bits per heavy atom. The molecular weight excluding hydrogens is 254 g/mol. The summed E-state index contributed by atoms with van der Waals surface area (Å²) in [4.78, 5) is 10.7. The molecular formula is C16H19NO3. The first-order chi connectivity index (χ1) is 9.52. The first kappa shape index (κ1) is 14.2. The van der Waals surface area contributed by atoms with E-state index >= 15 is 0 Å². The highest BCUT2D eigenvalue weighted by Crippen LogP contribution is 2.24. The van der Waals surface area contributed by atoms with Gasteiger partial charge in [-0.25, -0.2) is 0 Å². The molecule has 0 spiro atoms. The van der Waals surface area contributed by atoms with Crippen LogP contribution < -0.4 is 4.74 Å². The van der Waals surface area contributed by atoms with Gasteiger partial charge < -0.3 is 14.4 Å². The van der Waals surface area contributed by atoms with Crippen LogP contribution in [-0.2, 0) is 11.2 Å². The second kappa shape index (κ2) is 5.82. The number of carbonyl (C=O) groups is 1. The summed E-state index contributed by atoms with van der Waals surface area (Å²) in [7, 11) is 1.65. The van der Waals surface area contributed by atoms with Crippen LogP contribution in [0.3, 0.4) is 0 Å². The second-order valence-corrected chi connectivity index (χ2v) is 4.83. The summed E-state index contributed by atoms with van der Waals surface area (Å²) in [6, 6.07) is 9.90. The summed E-state index contributed by atoms with van der Waals surface area (Å²) < 4.78 is 7.38. The van der Waals surface area contributed by atoms with Crippen molar-refractivity contribution in [2.45, 2.75) is 26.7 Å². The molecule has 4 nitrogen and oxygen atoms in total. The van der Waals surface area contributed by atoms with E-state index in [4.69, 9.17) is 9.84 Å². The van der Waals surface area contributed by atoms with Gasteiger partial charge in [0, 0.05) is 29.6 Å². The molecule has 1 aromatic heterocycles. The molecule has 1 heterocycles. The Morgan fingerprint density at radius 1 is 1.30 bits per heavy atom. The van der Waals surface area contributed by atoms with Crippen molar-refractivity contribution in [1.29, 1.82) is 0 Å². The van der Waals surface area contributed by atoms with Crippen LogP contribution in [0.25, 0.3) is 5.69 Å². The van der Waals surface area contributed by atoms with Crippen LogP contribution in [-0.4, -0.2) is 22.8 Å². The van der Waals surface area contributed by atoms with Gasteiger partial charge in [-0.05, 0) is 44.0 Å². The van der Waals surface area contributed by atoms with Gasteiger partial charge in [-0.2, -0.15) is 0 Å². The summed E-state index contributed by atoms with van der Waals surface area (Å²) in [5.41, 5.74) is 4.28. The van der Waals surface area contributed by atoms with E-state index < -0.39 is 5.97 Å². The zero-order valence-corrected chi connectivity index (χ0v) is 12.0. The fraction of sp³-hybridized carbons (Fsp3) is 0.312. The summed E-state index contributed by atoms with van der Waals surface area (Å²) >= 11 is 0. The molecule has 0 amide bonds. The Labute approximate surface area is 118 Å². The van der Waals surface area contributed by atoms with E-state index in [2.05, 4.69) is 10.6 Å². The minimum absolute atomic E-state index is 0.155. The highest BCUT2D eigenvalue weighted by Gasteiger charge is 2.12. The van der Waals surface area contributed by atoms with Gasteiger partial charge >= 0.3 is 5.97 Å². The average molecular weight is 273 g/mol. The molecule has 0 fully saturated rings. The molecule has 1 N–H and O–H groups in total. The molecule has 0 bridgehead atoms. The van der Waals surface area contributed by atoms with Crippen molar-refractivity contribution in [1.82, 2.24) is 4.57 Å². The lowest BCUT2D eigenvalue weighted by Gasteiger charge is -2.11. The number of methoxy groups -OCH3 is 1. The Balaban J connectivity index is 2.38. The number of carboxylic acid groups (broad SMARTS) is 1. The fourth-order valence-corrected chi connectivity index (χ4v) is 2.47. The first-order valence-electron chi connectivity index (χ1n) is 6.57. The van der Waals surface area contributed by atoms with Crippen LogP contribution in [0.5, 0.6) is 5.75 Å². The molecule has 0 aliphatic rings. The van der Waals surface area contributed by atoms with E-state index in [0.29, 0.717) is 6.42 Å². The minimum atomic E-state index is -0.767. The lowest BCUT2D eigenvalue weighted by Crippen LogP contribution is -2.01. The molecule has 2 rings (SSSR count). The zero-order chi connectivity index (χ0) is 14.7. The number of carboxylic acids is 1. The molecule has 0 aliphatic heterocycles. The third kappa shape index (κ3) is 2.85. The maximum Gasteiger partial charge on any atom is 0.303 e. The van der Waals surface area contributed by atoms with Gasteiger partial charge in [-0.1, -0.05) is 6.07 Å². The zero-order valence-electron chi connectivity index (χ0n) is 12.0. The van der Waals surface area contributed by atoms with Gasteiger partial charge in [0.2, 0.25) is 0 Å². The van der Waals surface area contributed by atoms with E-state index in [-0.39, 0.29) is 6.42 Å². The monoisotopic (exact) mass is 273 g/mol. The normalized spacial score (nSPS) is 10.6. The second-order valence-electron chi connectivity index (χ2n) is 4.83. The number of nitrogens with zero attached hydrogens (tertiary/aromatic N) is 1. The van der Waals surface area contributed by atoms with Crippen molar-refractivity contribution < 1.29 is 14.6 Å². The van der Waals surface area contributed by atoms with Crippen LogP contribution >= 0.6 is 0 Å². The van der Waals surface area contributed by atoms with E-state index in [9.17, 15) is 4.79 Å². The van der Waals surface area contributed by atoms with E-state index in [1.54, 1.807) is 7.11 Å². The third-order valence-corrected chi connectivity index (χ3v) is 3.46. The van der Waals surface area contributed by atoms with Crippen molar-refractivity contribution in [3.8, 4) is 11.4 Å². The molecule has 20 heavy (non-hydrogen) atoms. The van der Waals surface area contributed by atoms with Gasteiger partial charge in [0.05, 0.1) is 7.11 Å². The number of aliphatic carboxylic acids is 1. The molecule has 0 aliphatic carbocycles. The van der Waals surface area contributed by atoms with Gasteiger partial charge in [0.1, 0.15) is 5.75 Å². The summed E-state index contributed by atoms with van der Waals surface area (Å²) in [5, 5.41) is 8.80. The standard InChI is InChI=1S/C16H19NO3/c1-11-9-13(7-8-16(18)19)12(2)17(11)14-5-4-6-15(10-14)20-3/h4-6,9-10H,7-8H2,1-3H3,(H,18,19). The van der Waals surface area contributed by atoms with E-state index in [0.717, 1.165) is 28.4 Å². The average Bonchev–Trinajstić information content (AvgIpc) is 2.71. The molecule has 2 aromatic rings. The van der Waals surface area contributed by atoms with Crippen LogP contribution in [0.15, 0.2) is 30.3 Å². The van der Waals surface area contributed by atoms with Crippen molar-refractivity contribution in [3.05, 3.63) is 47.3 Å². The molecule has 0 radical (unpaired) electrons. The predicted octanol–water partition coefficient (Wildman–Crippen LogP) is 3.12. The topological polar surface area (TPSA) is 51.5 Å². The quantitative estimate of drug-likeness (QED) is 0.910. The molecule has 4 heteroatoms. The van der Waals surface area contributed by atoms with Crippen molar-refractivity contribution >= 4 is 5.97 Å². The number of rotatable bonds is 5. The molecule has 106 valence electrons. The SMILES string of the molecule is COc1cccc(-n2c(C)cc(CCC(=O)O)c2C)c1. The lowest BCUT2D eigenvalue weighted by molar-refractivity contribution is -0.136. The maximum absolute atomic E-state index is 10.7. The summed E-state index contributed by atoms with van der Waals surface area (Å²) in [6.07, 6.45) is 0.710.